The minimum Gasteiger partial charge on any atom is -0.372 e. The number of rotatable bonds is 1. The van der Waals surface area contributed by atoms with Gasteiger partial charge in [0.05, 0.1) is 6.04 Å². The van der Waals surface area contributed by atoms with E-state index in [1.54, 1.807) is 0 Å². The molecule has 2 nitrogen and oxygen atoms in total. The summed E-state index contributed by atoms with van der Waals surface area (Å²) in [6.07, 6.45) is -11.8. The first-order chi connectivity index (χ1) is 6.11. The lowest BCUT2D eigenvalue weighted by Gasteiger charge is -2.43. The molecule has 0 bridgehead atoms. The number of hydrogen-bond donors (Lipinski definition) is 2. The molecule has 0 aliphatic carbocycles. The lowest BCUT2D eigenvalue weighted by molar-refractivity contribution is -0.380. The Morgan fingerprint density at radius 1 is 1.00 bits per heavy atom. The van der Waals surface area contributed by atoms with Crippen LogP contribution in [0.3, 0.4) is 0 Å². The van der Waals surface area contributed by atoms with Crippen molar-refractivity contribution in [3.8, 4) is 0 Å². The molecule has 0 unspecified atom stereocenters. The van der Waals surface area contributed by atoms with E-state index in [9.17, 15) is 26.3 Å². The highest BCUT2D eigenvalue weighted by atomic mass is 19.4. The van der Waals surface area contributed by atoms with Crippen molar-refractivity contribution in [1.29, 1.82) is 0 Å². The fourth-order valence-corrected chi connectivity index (χ4v) is 1.20. The second-order valence-corrected chi connectivity index (χ2v) is 3.06. The summed E-state index contributed by atoms with van der Waals surface area (Å²) >= 11 is 0. The van der Waals surface area contributed by atoms with Crippen LogP contribution in [-0.2, 0) is 0 Å². The summed E-state index contributed by atoms with van der Waals surface area (Å²) in [6, 6.07) is -2.00. The van der Waals surface area contributed by atoms with Crippen LogP contribution in [-0.4, -0.2) is 35.6 Å². The molecule has 0 aromatic rings. The van der Waals surface area contributed by atoms with E-state index in [1.165, 1.54) is 0 Å². The van der Waals surface area contributed by atoms with Gasteiger partial charge in [-0.2, -0.15) is 26.3 Å². The summed E-state index contributed by atoms with van der Waals surface area (Å²) < 4.78 is 72.4. The molecule has 1 heterocycles. The van der Waals surface area contributed by atoms with Crippen molar-refractivity contribution >= 4 is 0 Å². The quantitative estimate of drug-likeness (QED) is 0.655. The van der Waals surface area contributed by atoms with E-state index in [1.807, 2.05) is 5.32 Å². The van der Waals surface area contributed by atoms with E-state index < -0.39 is 24.0 Å². The van der Waals surface area contributed by atoms with Gasteiger partial charge in [-0.15, -0.1) is 0 Å². The third kappa shape index (κ3) is 1.46. The molecule has 0 saturated carbocycles. The molecule has 2 N–H and O–H groups in total. The molecule has 1 fully saturated rings. The van der Waals surface area contributed by atoms with Crippen molar-refractivity contribution in [2.24, 2.45) is 0 Å². The van der Waals surface area contributed by atoms with Crippen molar-refractivity contribution in [2.45, 2.75) is 30.4 Å². The maximum atomic E-state index is 12.1. The fraction of sp³-hybridized carbons (Fsp3) is 1.00. The molecule has 1 aliphatic rings. The van der Waals surface area contributed by atoms with Crippen LogP contribution < -0.4 is 5.32 Å². The van der Waals surface area contributed by atoms with E-state index in [-0.39, 0.29) is 13.0 Å². The largest absolute Gasteiger partial charge is 0.427 e. The maximum absolute atomic E-state index is 12.1. The zero-order chi connectivity index (χ0) is 11.2. The Kier molecular flexibility index (Phi) is 2.47. The van der Waals surface area contributed by atoms with Gasteiger partial charge in [0.2, 0.25) is 0 Å². The lowest BCUT2D eigenvalue weighted by Crippen LogP contribution is -2.71. The Hall–Kier alpha value is -0.500. The summed E-state index contributed by atoms with van der Waals surface area (Å²) in [5, 5.41) is 10.6. The Morgan fingerprint density at radius 2 is 1.36 bits per heavy atom. The Balaban J connectivity index is 3.01. The first-order valence-corrected chi connectivity index (χ1v) is 3.70. The minimum atomic E-state index is -5.72. The van der Waals surface area contributed by atoms with Gasteiger partial charge in [-0.1, -0.05) is 0 Å². The number of nitrogens with one attached hydrogen (secondary N) is 1. The van der Waals surface area contributed by atoms with Crippen LogP contribution in [0.2, 0.25) is 0 Å². The SMILES string of the molecule is OC([C@H]1CCN1)(C(F)(F)F)C(F)(F)F. The first kappa shape index (κ1) is 11.6. The summed E-state index contributed by atoms with van der Waals surface area (Å²) in [4.78, 5) is 0. The van der Waals surface area contributed by atoms with Gasteiger partial charge in [-0.05, 0) is 13.0 Å². The molecule has 0 amide bonds. The van der Waals surface area contributed by atoms with Crippen molar-refractivity contribution in [3.05, 3.63) is 0 Å². The third-order valence-corrected chi connectivity index (χ3v) is 2.19. The summed E-state index contributed by atoms with van der Waals surface area (Å²) in [6.45, 7) is 0.0408. The van der Waals surface area contributed by atoms with Gasteiger partial charge in [-0.25, -0.2) is 0 Å². The van der Waals surface area contributed by atoms with E-state index in [0.29, 0.717) is 0 Å². The van der Waals surface area contributed by atoms with Crippen molar-refractivity contribution in [2.75, 3.05) is 6.54 Å². The smallest absolute Gasteiger partial charge is 0.372 e. The second kappa shape index (κ2) is 2.99. The normalized spacial score (nSPS) is 24.6. The van der Waals surface area contributed by atoms with Crippen LogP contribution >= 0.6 is 0 Å². The van der Waals surface area contributed by atoms with E-state index in [0.717, 1.165) is 0 Å². The molecule has 0 spiro atoms. The molecule has 1 rings (SSSR count). The van der Waals surface area contributed by atoms with Crippen molar-refractivity contribution in [1.82, 2.24) is 5.32 Å². The van der Waals surface area contributed by atoms with Crippen molar-refractivity contribution in [3.63, 3.8) is 0 Å². The van der Waals surface area contributed by atoms with E-state index in [4.69, 9.17) is 5.11 Å². The predicted octanol–water partition coefficient (Wildman–Crippen LogP) is 1.20. The molecular formula is C6H7F6NO. The van der Waals surface area contributed by atoms with Crippen LogP contribution in [0.4, 0.5) is 26.3 Å². The monoisotopic (exact) mass is 223 g/mol. The molecule has 0 aromatic heterocycles. The average Bonchev–Trinajstić information content (AvgIpc) is 1.77. The Labute approximate surface area is 74.9 Å². The van der Waals surface area contributed by atoms with Gasteiger partial charge in [0.15, 0.2) is 0 Å². The van der Waals surface area contributed by atoms with Gasteiger partial charge in [0.25, 0.3) is 5.60 Å². The maximum Gasteiger partial charge on any atom is 0.427 e. The van der Waals surface area contributed by atoms with Crippen LogP contribution in [0, 0.1) is 0 Å². The number of aliphatic hydroxyl groups is 1. The summed E-state index contributed by atoms with van der Waals surface area (Å²) in [5.41, 5.74) is -4.64. The molecule has 1 saturated heterocycles. The average molecular weight is 223 g/mol. The first-order valence-electron chi connectivity index (χ1n) is 3.70. The lowest BCUT2D eigenvalue weighted by atomic mass is 9.86. The highest BCUT2D eigenvalue weighted by Gasteiger charge is 2.74. The fourth-order valence-electron chi connectivity index (χ4n) is 1.20. The second-order valence-electron chi connectivity index (χ2n) is 3.06. The highest BCUT2D eigenvalue weighted by Crippen LogP contribution is 2.47. The Morgan fingerprint density at radius 3 is 1.43 bits per heavy atom. The van der Waals surface area contributed by atoms with Gasteiger partial charge in [0.1, 0.15) is 0 Å². The van der Waals surface area contributed by atoms with Gasteiger partial charge in [-0.3, -0.25) is 0 Å². The summed E-state index contributed by atoms with van der Waals surface area (Å²) in [5.74, 6) is 0. The highest BCUT2D eigenvalue weighted by molar-refractivity contribution is 5.06. The van der Waals surface area contributed by atoms with Gasteiger partial charge in [0, 0.05) is 0 Å². The van der Waals surface area contributed by atoms with E-state index >= 15 is 0 Å². The molecule has 0 aromatic carbocycles. The van der Waals surface area contributed by atoms with Crippen LogP contribution in [0.15, 0.2) is 0 Å². The third-order valence-electron chi connectivity index (χ3n) is 2.19. The summed E-state index contributed by atoms with van der Waals surface area (Å²) in [7, 11) is 0. The standard InChI is InChI=1S/C6H7F6NO/c7-5(8,9)4(14,6(10,11)12)3-1-2-13-3/h3,13-14H,1-2H2/t3-/m1/s1. The zero-order valence-corrected chi connectivity index (χ0v) is 6.71. The molecule has 14 heavy (non-hydrogen) atoms. The predicted molar refractivity (Wildman–Crippen MR) is 33.5 cm³/mol. The molecule has 8 heteroatoms. The van der Waals surface area contributed by atoms with Gasteiger partial charge >= 0.3 is 12.4 Å². The minimum absolute atomic E-state index is 0.0408. The topological polar surface area (TPSA) is 32.3 Å². The van der Waals surface area contributed by atoms with Crippen LogP contribution in [0.1, 0.15) is 6.42 Å². The molecule has 1 aliphatic heterocycles. The number of alkyl halides is 6. The van der Waals surface area contributed by atoms with Crippen molar-refractivity contribution < 1.29 is 31.4 Å². The number of hydrogen-bond acceptors (Lipinski definition) is 2. The van der Waals surface area contributed by atoms with Gasteiger partial charge < -0.3 is 10.4 Å². The molecule has 84 valence electrons. The van der Waals surface area contributed by atoms with Crippen LogP contribution in [0.25, 0.3) is 0 Å². The molecular weight excluding hydrogens is 216 g/mol. The van der Waals surface area contributed by atoms with E-state index in [2.05, 4.69) is 0 Å². The Bertz CT molecular complexity index is 203. The molecule has 0 radical (unpaired) electrons. The van der Waals surface area contributed by atoms with Crippen LogP contribution in [0.5, 0.6) is 0 Å². The zero-order valence-electron chi connectivity index (χ0n) is 6.71. The molecule has 1 atom stereocenters. The number of halogens is 6.